The van der Waals surface area contributed by atoms with Crippen molar-refractivity contribution in [2.24, 2.45) is 5.92 Å². The number of carbonyl (C=O) groups is 1. The molecule has 0 bridgehead atoms. The fourth-order valence-electron chi connectivity index (χ4n) is 4.81. The largest absolute Gasteiger partial charge is 0.408 e. The lowest BCUT2D eigenvalue weighted by Crippen LogP contribution is -2.47. The van der Waals surface area contributed by atoms with Crippen LogP contribution in [0.3, 0.4) is 0 Å². The maximum Gasteiger partial charge on any atom is 0.224 e. The number of hydrogen-bond acceptors (Lipinski definition) is 2. The molecule has 0 aromatic heterocycles. The summed E-state index contributed by atoms with van der Waals surface area (Å²) in [7, 11) is -2.06. The van der Waals surface area contributed by atoms with Crippen molar-refractivity contribution >= 4 is 14.2 Å². The SMILES string of the molecule is C[C@H](NC(=O)C1[C@H](c2ccccc2)[C@H]1c1ccccc1)C(O[Si](C)(C)C(C)(C)C)c1ccccc1. The minimum atomic E-state index is -2.06. The van der Waals surface area contributed by atoms with Gasteiger partial charge in [0.15, 0.2) is 8.32 Å². The molecule has 4 atom stereocenters. The lowest BCUT2D eigenvalue weighted by molar-refractivity contribution is -0.123. The molecule has 1 saturated carbocycles. The molecule has 35 heavy (non-hydrogen) atoms. The van der Waals surface area contributed by atoms with Gasteiger partial charge in [0.2, 0.25) is 5.91 Å². The van der Waals surface area contributed by atoms with Crippen LogP contribution >= 0.6 is 0 Å². The lowest BCUT2D eigenvalue weighted by atomic mass is 10.0. The van der Waals surface area contributed by atoms with E-state index in [0.717, 1.165) is 5.56 Å². The summed E-state index contributed by atoms with van der Waals surface area (Å²) in [6.45, 7) is 13.4. The molecule has 0 spiro atoms. The van der Waals surface area contributed by atoms with Gasteiger partial charge < -0.3 is 9.74 Å². The summed E-state index contributed by atoms with van der Waals surface area (Å²) in [5.41, 5.74) is 3.57. The highest BCUT2D eigenvalue weighted by Crippen LogP contribution is 2.60. The summed E-state index contributed by atoms with van der Waals surface area (Å²) in [5.74, 6) is 0.427. The Bertz CT molecular complexity index is 1060. The number of amides is 1. The van der Waals surface area contributed by atoms with Crippen LogP contribution in [0.1, 0.15) is 62.3 Å². The molecule has 3 aromatic carbocycles. The Kier molecular flexibility index (Phi) is 7.34. The Morgan fingerprint density at radius 2 is 1.23 bits per heavy atom. The fourth-order valence-corrected chi connectivity index (χ4v) is 6.14. The van der Waals surface area contributed by atoms with Gasteiger partial charge in [-0.25, -0.2) is 0 Å². The summed E-state index contributed by atoms with van der Waals surface area (Å²) < 4.78 is 6.90. The highest BCUT2D eigenvalue weighted by molar-refractivity contribution is 6.74. The van der Waals surface area contributed by atoms with Crippen molar-refractivity contribution in [2.45, 2.75) is 69.8 Å². The number of hydrogen-bond donors (Lipinski definition) is 1. The van der Waals surface area contributed by atoms with Gasteiger partial charge in [0.05, 0.1) is 18.1 Å². The number of rotatable bonds is 8. The minimum absolute atomic E-state index is 0.0773. The molecule has 4 rings (SSSR count). The van der Waals surface area contributed by atoms with Crippen molar-refractivity contribution < 1.29 is 9.22 Å². The Morgan fingerprint density at radius 1 is 0.800 bits per heavy atom. The van der Waals surface area contributed by atoms with E-state index in [-0.39, 0.29) is 40.8 Å². The maximum absolute atomic E-state index is 13.7. The molecule has 0 radical (unpaired) electrons. The highest BCUT2D eigenvalue weighted by atomic mass is 28.4. The van der Waals surface area contributed by atoms with E-state index in [2.05, 4.69) is 107 Å². The van der Waals surface area contributed by atoms with Gasteiger partial charge >= 0.3 is 0 Å². The third-order valence-electron chi connectivity index (χ3n) is 7.87. The third-order valence-corrected chi connectivity index (χ3v) is 12.3. The molecule has 1 aliphatic carbocycles. The number of nitrogens with one attached hydrogen (secondary N) is 1. The van der Waals surface area contributed by atoms with Crippen LogP contribution in [0.4, 0.5) is 0 Å². The second-order valence-electron chi connectivity index (χ2n) is 11.4. The molecular weight excluding hydrogens is 446 g/mol. The average Bonchev–Trinajstić information content (AvgIpc) is 3.59. The molecule has 3 aromatic rings. The quantitative estimate of drug-likeness (QED) is 0.336. The van der Waals surface area contributed by atoms with E-state index in [1.807, 2.05) is 30.3 Å². The normalized spacial score (nSPS) is 21.7. The van der Waals surface area contributed by atoms with Crippen LogP contribution in [0.2, 0.25) is 18.1 Å². The fraction of sp³-hybridized carbons (Fsp3) is 0.387. The molecule has 3 nitrogen and oxygen atoms in total. The first kappa shape index (κ1) is 25.4. The molecule has 1 fully saturated rings. The zero-order valence-electron chi connectivity index (χ0n) is 21.9. The lowest BCUT2D eigenvalue weighted by Gasteiger charge is -2.41. The van der Waals surface area contributed by atoms with Crippen LogP contribution in [0.5, 0.6) is 0 Å². The van der Waals surface area contributed by atoms with Gasteiger partial charge in [-0.1, -0.05) is 112 Å². The first-order chi connectivity index (χ1) is 16.6. The van der Waals surface area contributed by atoms with E-state index in [0.29, 0.717) is 0 Å². The second-order valence-corrected chi connectivity index (χ2v) is 16.2. The predicted molar refractivity (Wildman–Crippen MR) is 147 cm³/mol. The Labute approximate surface area is 212 Å². The predicted octanol–water partition coefficient (Wildman–Crippen LogP) is 7.45. The van der Waals surface area contributed by atoms with Crippen LogP contribution in [-0.2, 0) is 9.22 Å². The first-order valence-electron chi connectivity index (χ1n) is 12.7. The Morgan fingerprint density at radius 3 is 1.66 bits per heavy atom. The summed E-state index contributed by atoms with van der Waals surface area (Å²) in [6.07, 6.45) is -0.190. The van der Waals surface area contributed by atoms with E-state index < -0.39 is 8.32 Å². The molecule has 0 heterocycles. The monoisotopic (exact) mass is 485 g/mol. The second kappa shape index (κ2) is 10.1. The van der Waals surface area contributed by atoms with Gasteiger partial charge in [-0.15, -0.1) is 0 Å². The Hall–Kier alpha value is -2.69. The number of benzene rings is 3. The smallest absolute Gasteiger partial charge is 0.224 e. The first-order valence-corrected chi connectivity index (χ1v) is 15.6. The highest BCUT2D eigenvalue weighted by Gasteiger charge is 2.56. The van der Waals surface area contributed by atoms with E-state index in [4.69, 9.17) is 4.43 Å². The van der Waals surface area contributed by atoms with E-state index in [9.17, 15) is 4.79 Å². The molecular formula is C31H39NO2Si. The summed E-state index contributed by atoms with van der Waals surface area (Å²) in [6, 6.07) is 31.1. The molecule has 184 valence electrons. The summed E-state index contributed by atoms with van der Waals surface area (Å²) in [5, 5.41) is 3.45. The Balaban J connectivity index is 1.57. The zero-order valence-corrected chi connectivity index (χ0v) is 22.9. The molecule has 1 N–H and O–H groups in total. The van der Waals surface area contributed by atoms with Crippen molar-refractivity contribution in [2.75, 3.05) is 0 Å². The summed E-state index contributed by atoms with van der Waals surface area (Å²) in [4.78, 5) is 13.7. The van der Waals surface area contributed by atoms with E-state index >= 15 is 0 Å². The van der Waals surface area contributed by atoms with Gasteiger partial charge in [0.25, 0.3) is 0 Å². The average molecular weight is 486 g/mol. The van der Waals surface area contributed by atoms with Crippen molar-refractivity contribution in [1.29, 1.82) is 0 Å². The van der Waals surface area contributed by atoms with Crippen molar-refractivity contribution in [1.82, 2.24) is 5.32 Å². The van der Waals surface area contributed by atoms with Gasteiger partial charge in [-0.2, -0.15) is 0 Å². The van der Waals surface area contributed by atoms with Gasteiger partial charge in [-0.05, 0) is 41.7 Å². The molecule has 1 aliphatic rings. The number of carbonyl (C=O) groups excluding carboxylic acids is 1. The van der Waals surface area contributed by atoms with Crippen LogP contribution in [0.15, 0.2) is 91.0 Å². The van der Waals surface area contributed by atoms with Crippen LogP contribution < -0.4 is 5.32 Å². The zero-order chi connectivity index (χ0) is 25.2. The molecule has 0 aliphatic heterocycles. The topological polar surface area (TPSA) is 38.3 Å². The summed E-state index contributed by atoms with van der Waals surface area (Å²) >= 11 is 0. The molecule has 0 saturated heterocycles. The van der Waals surface area contributed by atoms with E-state index in [1.54, 1.807) is 0 Å². The van der Waals surface area contributed by atoms with Crippen molar-refractivity contribution in [3.05, 3.63) is 108 Å². The van der Waals surface area contributed by atoms with E-state index in [1.165, 1.54) is 11.1 Å². The molecule has 1 amide bonds. The maximum atomic E-state index is 13.7. The third kappa shape index (κ3) is 5.60. The van der Waals surface area contributed by atoms with Crippen molar-refractivity contribution in [3.63, 3.8) is 0 Å². The van der Waals surface area contributed by atoms with Crippen LogP contribution in [-0.4, -0.2) is 20.3 Å². The van der Waals surface area contributed by atoms with Gasteiger partial charge in [0, 0.05) is 11.8 Å². The standard InChI is InChI=1S/C31H39NO2Si/c1-22(29(25-20-14-9-15-21-25)34-35(5,6)31(2,3)4)32-30(33)28-26(23-16-10-7-11-17-23)27(28)24-18-12-8-13-19-24/h7-22,26-29H,1-6H3,(H,32,33)/t22-,26+,27+,29?/m0/s1. The van der Waals surface area contributed by atoms with Gasteiger partial charge in [-0.3, -0.25) is 4.79 Å². The molecule has 4 heteroatoms. The van der Waals surface area contributed by atoms with Crippen molar-refractivity contribution in [3.8, 4) is 0 Å². The van der Waals surface area contributed by atoms with Crippen LogP contribution in [0, 0.1) is 5.92 Å². The van der Waals surface area contributed by atoms with Gasteiger partial charge in [0.1, 0.15) is 0 Å². The van der Waals surface area contributed by atoms with Crippen LogP contribution in [0.25, 0.3) is 0 Å². The minimum Gasteiger partial charge on any atom is -0.408 e. The molecule has 1 unspecified atom stereocenters.